The van der Waals surface area contributed by atoms with Crippen molar-refractivity contribution in [3.8, 4) is 0 Å². The number of rotatable bonds is 2. The van der Waals surface area contributed by atoms with Crippen molar-refractivity contribution in [3.05, 3.63) is 14.9 Å². The van der Waals surface area contributed by atoms with Gasteiger partial charge in [0, 0.05) is 0 Å². The predicted molar refractivity (Wildman–Crippen MR) is 117 cm³/mol. The topological polar surface area (TPSA) is 0 Å². The summed E-state index contributed by atoms with van der Waals surface area (Å²) in [6, 6.07) is 0. The zero-order valence-electron chi connectivity index (χ0n) is 17.7. The quantitative estimate of drug-likeness (QED) is 0.344. The molecule has 4 saturated carbocycles. The molecule has 4 aliphatic rings. The number of halogens is 2. The first-order chi connectivity index (χ1) is 11.8. The van der Waals surface area contributed by atoms with Gasteiger partial charge in [-0.3, -0.25) is 0 Å². The van der Waals surface area contributed by atoms with Crippen molar-refractivity contribution < 1.29 is 20.8 Å². The molecule has 0 spiro atoms. The van der Waals surface area contributed by atoms with Gasteiger partial charge in [0.05, 0.1) is 0 Å². The minimum absolute atomic E-state index is 0. The van der Waals surface area contributed by atoms with E-state index in [9.17, 15) is 0 Å². The summed E-state index contributed by atoms with van der Waals surface area (Å²) < 4.78 is 0. The maximum absolute atomic E-state index is 4.93. The molecule has 0 aromatic carbocycles. The zero-order chi connectivity index (χ0) is 17.2. The van der Waals surface area contributed by atoms with Gasteiger partial charge in [0.2, 0.25) is 0 Å². The van der Waals surface area contributed by atoms with Gasteiger partial charge in [-0.05, 0) is 48.9 Å². The fourth-order valence-electron chi connectivity index (χ4n) is 6.27. The van der Waals surface area contributed by atoms with Crippen molar-refractivity contribution in [2.45, 2.75) is 103 Å². The van der Waals surface area contributed by atoms with E-state index >= 15 is 0 Å². The molecule has 0 heterocycles. The van der Waals surface area contributed by atoms with Crippen LogP contribution >= 0.6 is 17.0 Å². The molecule has 0 nitrogen and oxygen atoms in total. The molecule has 4 fully saturated rings. The second kappa shape index (κ2) is 16.3. The maximum atomic E-state index is 4.93. The van der Waals surface area contributed by atoms with Crippen LogP contribution in [0, 0.1) is 44.4 Å². The van der Waals surface area contributed by atoms with Crippen LogP contribution in [-0.4, -0.2) is 0 Å². The summed E-state index contributed by atoms with van der Waals surface area (Å²) in [5, 5.41) is 0. The van der Waals surface area contributed by atoms with Crippen molar-refractivity contribution in [1.29, 1.82) is 0 Å². The fourth-order valence-corrected chi connectivity index (χ4v) is 6.27. The molecular weight excluding hydrogens is 438 g/mol. The molecule has 0 radical (unpaired) electrons. The van der Waals surface area contributed by atoms with Crippen LogP contribution in [-0.2, 0) is 20.8 Å². The van der Waals surface area contributed by atoms with Gasteiger partial charge in [0.25, 0.3) is 0 Å². The molecule has 0 aliphatic heterocycles. The van der Waals surface area contributed by atoms with Crippen molar-refractivity contribution in [2.24, 2.45) is 29.6 Å². The molecule has 0 aromatic rings. The Bertz CT molecular complexity index is 311. The normalized spacial score (nSPS) is 34.2. The van der Waals surface area contributed by atoms with Crippen LogP contribution in [0.15, 0.2) is 0 Å². The summed E-state index contributed by atoms with van der Waals surface area (Å²) in [5.41, 5.74) is 0. The molecule has 154 valence electrons. The molecule has 0 bridgehead atoms. The van der Waals surface area contributed by atoms with Crippen LogP contribution in [0.1, 0.15) is 103 Å². The second-order valence-corrected chi connectivity index (χ2v) is 12.4. The van der Waals surface area contributed by atoms with Gasteiger partial charge in [-0.15, -0.1) is 0 Å². The number of hydrogen-bond donors (Lipinski definition) is 0. The number of hydrogen-bond acceptors (Lipinski definition) is 0. The first-order valence-corrected chi connectivity index (χ1v) is 17.1. The minimum atomic E-state index is -0.826. The Morgan fingerprint density at radius 3 is 1.65 bits per heavy atom. The molecule has 5 unspecified atom stereocenters. The van der Waals surface area contributed by atoms with Gasteiger partial charge in [-0.25, -0.2) is 0 Å². The predicted octanol–water partition coefficient (Wildman–Crippen LogP) is 9.26. The Balaban J connectivity index is 0.000000401. The van der Waals surface area contributed by atoms with Crippen LogP contribution in [0.5, 0.6) is 0 Å². The summed E-state index contributed by atoms with van der Waals surface area (Å²) in [5.74, 6) is 5.76. The van der Waals surface area contributed by atoms with E-state index < -0.39 is 20.8 Å². The van der Waals surface area contributed by atoms with E-state index in [1.807, 2.05) is 0 Å². The first kappa shape index (κ1) is 27.5. The van der Waals surface area contributed by atoms with Crippen LogP contribution in [0.4, 0.5) is 0 Å². The Morgan fingerprint density at radius 1 is 0.654 bits per heavy atom. The Hall–Kier alpha value is 1.46. The summed E-state index contributed by atoms with van der Waals surface area (Å²) in [4.78, 5) is 0. The molecule has 0 N–H and O–H groups in total. The van der Waals surface area contributed by atoms with Gasteiger partial charge in [0.15, 0.2) is 0 Å². The Kier molecular flexibility index (Phi) is 17.2. The summed E-state index contributed by atoms with van der Waals surface area (Å²) in [6.45, 7) is 2.34. The molecule has 0 amide bonds. The van der Waals surface area contributed by atoms with Crippen LogP contribution in [0.25, 0.3) is 0 Å². The third-order valence-electron chi connectivity index (χ3n) is 7.36. The van der Waals surface area contributed by atoms with E-state index in [4.69, 9.17) is 17.0 Å². The molecule has 5 atom stereocenters. The van der Waals surface area contributed by atoms with Gasteiger partial charge < -0.3 is 14.9 Å². The average Bonchev–Trinajstić information content (AvgIpc) is 3.24. The SMILES string of the molecule is C1CCC2CCCC2C1.CCCC1CCC2CCCCC12.[CH3-].[CH3-].[Cl][Zr+2][Cl]. The molecule has 4 rings (SSSR count). The second-order valence-electron chi connectivity index (χ2n) is 8.64. The van der Waals surface area contributed by atoms with Crippen molar-refractivity contribution in [3.63, 3.8) is 0 Å². The first-order valence-electron chi connectivity index (χ1n) is 10.8. The zero-order valence-corrected chi connectivity index (χ0v) is 21.7. The summed E-state index contributed by atoms with van der Waals surface area (Å²) >= 11 is -0.826. The van der Waals surface area contributed by atoms with Crippen LogP contribution in [0.2, 0.25) is 0 Å². The standard InChI is InChI=1S/C12H22.C9H16.2CH3.2ClH.Zr/c1-2-5-10-8-9-11-6-3-4-7-12(10)11;1-2-5-9-7-3-6-8(9)4-1;;;;;/h10-12H,2-9H2,1H3;8-9H,1-7H2;2*1H3;2*1H;/q;;2*-1;;;+4/p-2. The number of fused-ring (bicyclic) bond motifs is 2. The fraction of sp³-hybridized carbons (Fsp3) is 0.913. The van der Waals surface area contributed by atoms with E-state index in [2.05, 4.69) is 6.92 Å². The van der Waals surface area contributed by atoms with Crippen LogP contribution in [0.3, 0.4) is 0 Å². The Labute approximate surface area is 184 Å². The van der Waals surface area contributed by atoms with E-state index in [-0.39, 0.29) is 14.9 Å². The summed E-state index contributed by atoms with van der Waals surface area (Å²) in [7, 11) is 9.87. The van der Waals surface area contributed by atoms with Crippen molar-refractivity contribution >= 4 is 17.0 Å². The molecule has 4 aliphatic carbocycles. The summed E-state index contributed by atoms with van der Waals surface area (Å²) in [6.07, 6.45) is 23.1. The molecular formula is C23H44Cl2Zr. The van der Waals surface area contributed by atoms with Crippen molar-refractivity contribution in [2.75, 3.05) is 0 Å². The molecule has 0 saturated heterocycles. The molecule has 26 heavy (non-hydrogen) atoms. The van der Waals surface area contributed by atoms with Gasteiger partial charge in [-0.2, -0.15) is 0 Å². The average molecular weight is 483 g/mol. The van der Waals surface area contributed by atoms with Crippen molar-refractivity contribution in [1.82, 2.24) is 0 Å². The van der Waals surface area contributed by atoms with E-state index in [1.165, 1.54) is 56.8 Å². The van der Waals surface area contributed by atoms with E-state index in [0.717, 1.165) is 17.8 Å². The van der Waals surface area contributed by atoms with Gasteiger partial charge in [0.1, 0.15) is 0 Å². The van der Waals surface area contributed by atoms with Gasteiger partial charge in [-0.1, -0.05) is 84.0 Å². The van der Waals surface area contributed by atoms with Gasteiger partial charge >= 0.3 is 37.9 Å². The van der Waals surface area contributed by atoms with E-state index in [1.54, 1.807) is 51.4 Å². The third-order valence-corrected chi connectivity index (χ3v) is 7.36. The monoisotopic (exact) mass is 480 g/mol. The van der Waals surface area contributed by atoms with E-state index in [0.29, 0.717) is 0 Å². The Morgan fingerprint density at radius 2 is 1.12 bits per heavy atom. The molecule has 3 heteroatoms. The third kappa shape index (κ3) is 8.86. The van der Waals surface area contributed by atoms with Crippen LogP contribution < -0.4 is 0 Å². The molecule has 0 aromatic heterocycles.